The van der Waals surface area contributed by atoms with Crippen LogP contribution in [0, 0.1) is 0 Å². The molecule has 0 saturated carbocycles. The fraction of sp³-hybridized carbons (Fsp3) is 0.143. The summed E-state index contributed by atoms with van der Waals surface area (Å²) in [7, 11) is 0. The normalized spacial score (nSPS) is 19.2. The Labute approximate surface area is 223 Å². The summed E-state index contributed by atoms with van der Waals surface area (Å²) in [6, 6.07) is 0. The van der Waals surface area contributed by atoms with Crippen molar-refractivity contribution in [2.45, 2.75) is 9.65 Å². The van der Waals surface area contributed by atoms with E-state index in [-0.39, 0.29) is 9.65 Å². The number of fused-ring (bicyclic) bond motifs is 2. The lowest BCUT2D eigenvalue weighted by Gasteiger charge is -2.34. The molecule has 0 fully saturated rings. The van der Waals surface area contributed by atoms with Crippen LogP contribution >= 0.6 is 159 Å². The zero-order chi connectivity index (χ0) is 18.1. The SMILES string of the molecule is Brc1c(Br)c(Br)c2c(c1Br)C(Br)c1c(Br)c(Br)c(Br)c(Br)c1C2Br. The van der Waals surface area contributed by atoms with Crippen molar-refractivity contribution >= 4 is 159 Å². The van der Waals surface area contributed by atoms with Crippen LogP contribution in [-0.4, -0.2) is 0 Å². The topological polar surface area (TPSA) is 0 Å². The molecule has 0 unspecified atom stereocenters. The quantitative estimate of drug-likeness (QED) is 0.140. The van der Waals surface area contributed by atoms with E-state index in [0.29, 0.717) is 0 Å². The Bertz CT molecular complexity index is 745. The molecule has 2 aromatic rings. The molecule has 0 spiro atoms. The molecule has 0 bridgehead atoms. The standard InChI is InChI=1S/C14H2Br10/c15-5-1-2(8(18)12(22)11(21)7(1)17)6(16)4-3(5)9(19)13(23)14(24)10(4)20/h5-6H. The number of rotatable bonds is 0. The minimum absolute atomic E-state index is 0.0152. The van der Waals surface area contributed by atoms with Crippen molar-refractivity contribution in [3.63, 3.8) is 0 Å². The summed E-state index contributed by atoms with van der Waals surface area (Å²) in [6.07, 6.45) is 0. The maximum atomic E-state index is 3.91. The molecule has 0 radical (unpaired) electrons. The highest BCUT2D eigenvalue weighted by molar-refractivity contribution is 9.16. The van der Waals surface area contributed by atoms with Gasteiger partial charge in [0, 0.05) is 35.8 Å². The molecule has 3 rings (SSSR count). The smallest absolute Gasteiger partial charge is 0.0674 e. The lowest BCUT2D eigenvalue weighted by Crippen LogP contribution is -2.16. The van der Waals surface area contributed by atoms with Gasteiger partial charge in [0.25, 0.3) is 0 Å². The van der Waals surface area contributed by atoms with Crippen LogP contribution in [0.3, 0.4) is 0 Å². The second kappa shape index (κ2) is 8.17. The summed E-state index contributed by atoms with van der Waals surface area (Å²) >= 11 is 37.4. The Balaban J connectivity index is 2.48. The Kier molecular flexibility index (Phi) is 7.47. The van der Waals surface area contributed by atoms with Gasteiger partial charge >= 0.3 is 0 Å². The molecule has 24 heavy (non-hydrogen) atoms. The van der Waals surface area contributed by atoms with Crippen LogP contribution in [-0.2, 0) is 0 Å². The number of hydrogen-bond acceptors (Lipinski definition) is 0. The van der Waals surface area contributed by atoms with Crippen molar-refractivity contribution in [1.82, 2.24) is 0 Å². The number of halogens is 10. The summed E-state index contributed by atoms with van der Waals surface area (Å²) in [5.74, 6) is 0. The summed E-state index contributed by atoms with van der Waals surface area (Å²) in [4.78, 5) is 0.0305. The molecule has 128 valence electrons. The Hall–Kier alpha value is 3.24. The van der Waals surface area contributed by atoms with Crippen LogP contribution in [0.5, 0.6) is 0 Å². The molecule has 0 nitrogen and oxygen atoms in total. The van der Waals surface area contributed by atoms with Crippen LogP contribution in [0.25, 0.3) is 0 Å². The predicted octanol–water partition coefficient (Wildman–Crippen LogP) is 11.1. The molecule has 2 aromatic carbocycles. The molecule has 0 N–H and O–H groups in total. The van der Waals surface area contributed by atoms with Gasteiger partial charge in [-0.05, 0) is 150 Å². The van der Waals surface area contributed by atoms with Crippen molar-refractivity contribution in [2.24, 2.45) is 0 Å². The van der Waals surface area contributed by atoms with E-state index in [1.54, 1.807) is 0 Å². The first-order valence-electron chi connectivity index (χ1n) is 6.10. The van der Waals surface area contributed by atoms with Crippen LogP contribution in [0.4, 0.5) is 0 Å². The van der Waals surface area contributed by atoms with Gasteiger partial charge in [0.05, 0.1) is 9.65 Å². The molecule has 0 aliphatic heterocycles. The zero-order valence-corrected chi connectivity index (χ0v) is 26.8. The van der Waals surface area contributed by atoms with Gasteiger partial charge in [0.1, 0.15) is 0 Å². The third kappa shape index (κ3) is 3.28. The van der Waals surface area contributed by atoms with Crippen LogP contribution < -0.4 is 0 Å². The first kappa shape index (κ1) is 21.9. The maximum absolute atomic E-state index is 3.91. The van der Waals surface area contributed by atoms with Gasteiger partial charge in [0.2, 0.25) is 0 Å². The van der Waals surface area contributed by atoms with E-state index >= 15 is 0 Å². The zero-order valence-electron chi connectivity index (χ0n) is 10.9. The Morgan fingerprint density at radius 3 is 0.667 bits per heavy atom. The maximum Gasteiger partial charge on any atom is 0.0674 e. The van der Waals surface area contributed by atoms with E-state index in [0.717, 1.165) is 35.8 Å². The predicted molar refractivity (Wildman–Crippen MR) is 136 cm³/mol. The van der Waals surface area contributed by atoms with E-state index in [1.165, 1.54) is 22.3 Å². The van der Waals surface area contributed by atoms with Gasteiger partial charge in [-0.3, -0.25) is 0 Å². The van der Waals surface area contributed by atoms with Gasteiger partial charge in [-0.15, -0.1) is 0 Å². The largest absolute Gasteiger partial charge is 0.0785 e. The van der Waals surface area contributed by atoms with Gasteiger partial charge < -0.3 is 0 Å². The van der Waals surface area contributed by atoms with E-state index in [9.17, 15) is 0 Å². The van der Waals surface area contributed by atoms with Crippen LogP contribution in [0.2, 0.25) is 0 Å². The second-order valence-electron chi connectivity index (χ2n) is 4.89. The number of alkyl halides is 2. The van der Waals surface area contributed by atoms with Crippen molar-refractivity contribution in [2.75, 3.05) is 0 Å². The second-order valence-corrected chi connectivity index (χ2v) is 13.1. The molecule has 0 amide bonds. The van der Waals surface area contributed by atoms with Gasteiger partial charge in [-0.25, -0.2) is 0 Å². The Morgan fingerprint density at radius 1 is 0.333 bits per heavy atom. The van der Waals surface area contributed by atoms with Crippen molar-refractivity contribution in [3.8, 4) is 0 Å². The lowest BCUT2D eigenvalue weighted by atomic mass is 9.86. The monoisotopic (exact) mass is 959 g/mol. The van der Waals surface area contributed by atoms with Crippen LogP contribution in [0.15, 0.2) is 35.8 Å². The third-order valence-electron chi connectivity index (χ3n) is 3.70. The molecule has 10 heteroatoms. The number of hydrogen-bond donors (Lipinski definition) is 0. The Morgan fingerprint density at radius 2 is 0.500 bits per heavy atom. The average Bonchev–Trinajstić information content (AvgIpc) is 2.55. The van der Waals surface area contributed by atoms with Gasteiger partial charge in [0.15, 0.2) is 0 Å². The van der Waals surface area contributed by atoms with Crippen molar-refractivity contribution in [1.29, 1.82) is 0 Å². The highest BCUT2D eigenvalue weighted by Crippen LogP contribution is 2.61. The summed E-state index contributed by atoms with van der Waals surface area (Å²) in [5.41, 5.74) is 4.70. The first-order valence-corrected chi connectivity index (χ1v) is 14.3. The molecule has 0 heterocycles. The van der Waals surface area contributed by atoms with Crippen LogP contribution in [0.1, 0.15) is 31.9 Å². The first-order chi connectivity index (χ1) is 11.1. The molecule has 1 aliphatic carbocycles. The third-order valence-corrected chi connectivity index (χ3v) is 15.2. The fourth-order valence-corrected chi connectivity index (χ4v) is 11.0. The average molecular weight is 969 g/mol. The highest BCUT2D eigenvalue weighted by atomic mass is 79.9. The van der Waals surface area contributed by atoms with E-state index < -0.39 is 0 Å². The summed E-state index contributed by atoms with van der Waals surface area (Å²) in [5, 5.41) is 0. The summed E-state index contributed by atoms with van der Waals surface area (Å²) in [6.45, 7) is 0. The molecule has 0 aromatic heterocycles. The molecular formula is C14H2Br10. The highest BCUT2D eigenvalue weighted by Gasteiger charge is 2.39. The lowest BCUT2D eigenvalue weighted by molar-refractivity contribution is 0.949. The molecule has 1 aliphatic rings. The van der Waals surface area contributed by atoms with E-state index in [2.05, 4.69) is 159 Å². The fourth-order valence-electron chi connectivity index (χ4n) is 2.61. The van der Waals surface area contributed by atoms with E-state index in [4.69, 9.17) is 0 Å². The van der Waals surface area contributed by atoms with Gasteiger partial charge in [-0.1, -0.05) is 31.9 Å². The van der Waals surface area contributed by atoms with Crippen molar-refractivity contribution < 1.29 is 0 Å². The summed E-state index contributed by atoms with van der Waals surface area (Å²) < 4.78 is 8.00. The van der Waals surface area contributed by atoms with Gasteiger partial charge in [-0.2, -0.15) is 0 Å². The van der Waals surface area contributed by atoms with E-state index in [1.807, 2.05) is 0 Å². The molecule has 0 atom stereocenters. The molecular weight excluding hydrogens is 967 g/mol. The number of benzene rings is 2. The van der Waals surface area contributed by atoms with Crippen molar-refractivity contribution in [3.05, 3.63) is 58.0 Å². The minimum atomic E-state index is 0.0152. The molecule has 0 saturated heterocycles. The minimum Gasteiger partial charge on any atom is -0.0785 e.